The Morgan fingerprint density at radius 2 is 1.14 bits per heavy atom. The van der Waals surface area contributed by atoms with Gasteiger partial charge in [0.25, 0.3) is 0 Å². The topological polar surface area (TPSA) is 491 Å². The van der Waals surface area contributed by atoms with Crippen LogP contribution in [-0.2, 0) is 59.2 Å². The molecule has 23 N–H and O–H groups in total. The van der Waals surface area contributed by atoms with E-state index in [0.29, 0.717) is 24.3 Å². The second kappa shape index (κ2) is 39.7. The van der Waals surface area contributed by atoms with E-state index in [0.717, 1.165) is 19.3 Å². The van der Waals surface area contributed by atoms with Crippen LogP contribution < -0.4 is 87.2 Å². The summed E-state index contributed by atoms with van der Waals surface area (Å²) in [6.45, 7) is 9.15. The van der Waals surface area contributed by atoms with Crippen LogP contribution in [0, 0.1) is 11.8 Å². The van der Waals surface area contributed by atoms with Crippen LogP contribution in [0.2, 0.25) is 0 Å². The fourth-order valence-electron chi connectivity index (χ4n) is 9.01. The third-order valence-corrected chi connectivity index (χ3v) is 14.3. The first kappa shape index (κ1) is 74.2. The highest BCUT2D eigenvalue weighted by Crippen LogP contribution is 2.14. The molecule has 11 amide bonds. The van der Waals surface area contributed by atoms with Gasteiger partial charge in [0, 0.05) is 25.9 Å². The van der Waals surface area contributed by atoms with Gasteiger partial charge in [0.05, 0.1) is 18.2 Å². The highest BCUT2D eigenvalue weighted by Gasteiger charge is 2.37. The van der Waals surface area contributed by atoms with E-state index in [-0.39, 0.29) is 89.5 Å². The standard InChI is InChI=1S/C56H98N16O13/c1-7-32(4)13-11-12-16-44(75)62-27-21-36(61)47(76)71-46(34(6)74)56(85)68-39(19-25-59)49(78)67-41-22-28-63-55(84)45(33(5)73)72-52(81)40(20-26-60)65-48(77)37(17-23-57)66-53(82)42(29-31(2)3)69-54(83)43(30-35-14-9-8-10-15-35)70-50(79)38(18-24-58)64-51(41)80/h8-10,14-15,31-34,36-43,45-46,73-74H,7,11-13,16-30,57-61H2,1-6H3,(H,62,75)(H,63,84)(H,64,80)(H,65,77)(H,66,82)(H,67,78)(H,68,85)(H,69,83)(H,70,79)(H,71,76)(H,72,81). The van der Waals surface area contributed by atoms with Gasteiger partial charge in [0.1, 0.15) is 54.4 Å². The number of nitrogens with one attached hydrogen (secondary N) is 11. The Morgan fingerprint density at radius 3 is 1.67 bits per heavy atom. The number of aliphatic hydroxyl groups is 2. The van der Waals surface area contributed by atoms with E-state index in [2.05, 4.69) is 72.3 Å². The van der Waals surface area contributed by atoms with Gasteiger partial charge in [0.15, 0.2) is 0 Å². The number of hydrogen-bond donors (Lipinski definition) is 18. The average Bonchev–Trinajstić information content (AvgIpc) is 3.68. The molecular formula is C56H98N16O13. The Hall–Kier alpha value is -6.89. The molecular weight excluding hydrogens is 1100 g/mol. The van der Waals surface area contributed by atoms with Crippen molar-refractivity contribution in [1.29, 1.82) is 0 Å². The Labute approximate surface area is 498 Å². The molecule has 0 saturated carbocycles. The molecule has 13 unspecified atom stereocenters. The van der Waals surface area contributed by atoms with Gasteiger partial charge in [-0.25, -0.2) is 0 Å². The monoisotopic (exact) mass is 1200 g/mol. The fraction of sp³-hybridized carbons (Fsp3) is 0.696. The molecule has 1 heterocycles. The van der Waals surface area contributed by atoms with Crippen LogP contribution in [0.1, 0.15) is 124 Å². The van der Waals surface area contributed by atoms with Gasteiger partial charge >= 0.3 is 0 Å². The molecule has 1 aliphatic heterocycles. The molecule has 1 aromatic rings. The van der Waals surface area contributed by atoms with Gasteiger partial charge in [-0.05, 0) is 109 Å². The molecule has 1 fully saturated rings. The zero-order chi connectivity index (χ0) is 63.8. The van der Waals surface area contributed by atoms with Gasteiger partial charge in [-0.15, -0.1) is 0 Å². The summed E-state index contributed by atoms with van der Waals surface area (Å²) < 4.78 is 0. The lowest BCUT2D eigenvalue weighted by Crippen LogP contribution is -2.62. The van der Waals surface area contributed by atoms with Crippen molar-refractivity contribution in [3.63, 3.8) is 0 Å². The summed E-state index contributed by atoms with van der Waals surface area (Å²) in [5.74, 6) is -9.16. The SMILES string of the molecule is CCC(C)CCCCC(=O)NCCC(N)C(=O)NC(C(=O)NC(CCN)C(=O)NC1CCNC(=O)C(C(C)O)NC(=O)C(CCN)NC(=O)C(CCN)NC(=O)C(CC(C)C)NC(=O)C(Cc2ccccc2)NC(=O)C(CCN)NC1=O)C(C)O. The number of aliphatic hydroxyl groups excluding tert-OH is 2. The molecule has 13 atom stereocenters. The van der Waals surface area contributed by atoms with E-state index in [9.17, 15) is 63.0 Å². The van der Waals surface area contributed by atoms with Crippen LogP contribution in [0.5, 0.6) is 0 Å². The zero-order valence-electron chi connectivity index (χ0n) is 50.2. The minimum Gasteiger partial charge on any atom is -0.391 e. The lowest BCUT2D eigenvalue weighted by Gasteiger charge is -2.28. The number of rotatable bonds is 29. The largest absolute Gasteiger partial charge is 0.391 e. The van der Waals surface area contributed by atoms with E-state index in [1.165, 1.54) is 13.8 Å². The summed E-state index contributed by atoms with van der Waals surface area (Å²) in [5, 5.41) is 49.6. The summed E-state index contributed by atoms with van der Waals surface area (Å²) in [5.41, 5.74) is 30.2. The summed E-state index contributed by atoms with van der Waals surface area (Å²) in [7, 11) is 0. The highest BCUT2D eigenvalue weighted by atomic mass is 16.3. The third-order valence-electron chi connectivity index (χ3n) is 14.3. The maximum Gasteiger partial charge on any atom is 0.245 e. The van der Waals surface area contributed by atoms with E-state index >= 15 is 0 Å². The summed E-state index contributed by atoms with van der Waals surface area (Å²) in [4.78, 5) is 153. The van der Waals surface area contributed by atoms with Crippen molar-refractivity contribution in [2.75, 3.05) is 39.3 Å². The summed E-state index contributed by atoms with van der Waals surface area (Å²) in [6, 6.07) is -6.21. The highest BCUT2D eigenvalue weighted by molar-refractivity contribution is 5.99. The van der Waals surface area contributed by atoms with Crippen molar-refractivity contribution < 1.29 is 63.0 Å². The number of hydrogen-bond acceptors (Lipinski definition) is 18. The molecule has 480 valence electrons. The Bertz CT molecular complexity index is 2320. The maximum absolute atomic E-state index is 14.5. The number of nitrogens with two attached hydrogens (primary N) is 5. The number of carbonyl (C=O) groups excluding carboxylic acids is 11. The van der Waals surface area contributed by atoms with E-state index in [4.69, 9.17) is 28.7 Å². The average molecular weight is 1200 g/mol. The third kappa shape index (κ3) is 27.4. The lowest BCUT2D eigenvalue weighted by atomic mass is 10.00. The van der Waals surface area contributed by atoms with Gasteiger partial charge in [-0.3, -0.25) is 52.7 Å². The van der Waals surface area contributed by atoms with Crippen LogP contribution in [0.3, 0.4) is 0 Å². The van der Waals surface area contributed by atoms with Gasteiger partial charge < -0.3 is 97.4 Å². The van der Waals surface area contributed by atoms with E-state index in [1.54, 1.807) is 44.2 Å². The first-order chi connectivity index (χ1) is 40.3. The molecule has 29 nitrogen and oxygen atoms in total. The van der Waals surface area contributed by atoms with Crippen molar-refractivity contribution >= 4 is 65.0 Å². The molecule has 85 heavy (non-hydrogen) atoms. The number of amides is 11. The van der Waals surface area contributed by atoms with Crippen molar-refractivity contribution in [2.24, 2.45) is 40.5 Å². The van der Waals surface area contributed by atoms with Crippen LogP contribution in [0.4, 0.5) is 0 Å². The molecule has 0 spiro atoms. The fourth-order valence-corrected chi connectivity index (χ4v) is 9.01. The molecule has 1 saturated heterocycles. The smallest absolute Gasteiger partial charge is 0.245 e. The second-order valence-corrected chi connectivity index (χ2v) is 22.1. The predicted molar refractivity (Wildman–Crippen MR) is 316 cm³/mol. The van der Waals surface area contributed by atoms with E-state index in [1.807, 2.05) is 0 Å². The second-order valence-electron chi connectivity index (χ2n) is 22.1. The zero-order valence-corrected chi connectivity index (χ0v) is 50.2. The van der Waals surface area contributed by atoms with Crippen LogP contribution in [0.25, 0.3) is 0 Å². The molecule has 0 radical (unpaired) electrons. The molecule has 0 bridgehead atoms. The van der Waals surface area contributed by atoms with Crippen LogP contribution in [0.15, 0.2) is 30.3 Å². The minimum absolute atomic E-state index is 0.0173. The quantitative estimate of drug-likeness (QED) is 0.0333. The summed E-state index contributed by atoms with van der Waals surface area (Å²) >= 11 is 0. The Morgan fingerprint density at radius 1 is 0.612 bits per heavy atom. The Kier molecular flexibility index (Phi) is 34.6. The lowest BCUT2D eigenvalue weighted by molar-refractivity contribution is -0.136. The number of carbonyl (C=O) groups is 11. The predicted octanol–water partition coefficient (Wildman–Crippen LogP) is -5.24. The molecule has 0 aromatic heterocycles. The molecule has 0 aliphatic carbocycles. The first-order valence-electron chi connectivity index (χ1n) is 29.5. The van der Waals surface area contributed by atoms with Gasteiger partial charge in [-0.1, -0.05) is 77.3 Å². The van der Waals surface area contributed by atoms with Crippen LogP contribution in [-0.4, -0.2) is 187 Å². The van der Waals surface area contributed by atoms with Crippen molar-refractivity contribution in [1.82, 2.24) is 58.5 Å². The molecule has 1 aromatic carbocycles. The number of unbranched alkanes of at least 4 members (excludes halogenated alkanes) is 1. The van der Waals surface area contributed by atoms with Gasteiger partial charge in [0.2, 0.25) is 65.0 Å². The summed E-state index contributed by atoms with van der Waals surface area (Å²) in [6.07, 6.45) is -0.505. The molecule has 1 aliphatic rings. The van der Waals surface area contributed by atoms with Crippen LogP contribution >= 0.6 is 0 Å². The number of benzene rings is 1. The van der Waals surface area contributed by atoms with Crippen molar-refractivity contribution in [3.05, 3.63) is 35.9 Å². The molecule has 2 rings (SSSR count). The first-order valence-corrected chi connectivity index (χ1v) is 29.5. The van der Waals surface area contributed by atoms with Crippen molar-refractivity contribution in [2.45, 2.75) is 198 Å². The molecule has 29 heteroatoms. The Balaban J connectivity index is 2.60. The van der Waals surface area contributed by atoms with Crippen molar-refractivity contribution in [3.8, 4) is 0 Å². The van der Waals surface area contributed by atoms with Gasteiger partial charge in [-0.2, -0.15) is 0 Å². The normalized spacial score (nSPS) is 22.9. The minimum atomic E-state index is -1.68. The maximum atomic E-state index is 14.5. The van der Waals surface area contributed by atoms with E-state index < -0.39 is 145 Å².